The first-order chi connectivity index (χ1) is 16.3. The molecule has 2 N–H and O–H groups in total. The van der Waals surface area contributed by atoms with Gasteiger partial charge in [-0.1, -0.05) is 46.1 Å². The normalized spacial score (nSPS) is 18.6. The highest BCUT2D eigenvalue weighted by Gasteiger charge is 2.23. The number of hydrogen-bond acceptors (Lipinski definition) is 6. The second-order valence-corrected chi connectivity index (χ2v) is 8.88. The minimum atomic E-state index is 0.398. The van der Waals surface area contributed by atoms with Crippen molar-refractivity contribution >= 4 is 33.7 Å². The number of nitrogens with zero attached hydrogens (tertiary/aromatic N) is 5. The average Bonchev–Trinajstić information content (AvgIpc) is 3.20. The van der Waals surface area contributed by atoms with Gasteiger partial charge in [0.05, 0.1) is 17.4 Å². The number of aromatic nitrogens is 5. The fraction of sp³-hybridized carbons (Fsp3) is 0.462. The van der Waals surface area contributed by atoms with Crippen molar-refractivity contribution in [2.75, 3.05) is 11.9 Å². The molecule has 4 aromatic rings. The summed E-state index contributed by atoms with van der Waals surface area (Å²) in [4.78, 5) is 18.9. The van der Waals surface area contributed by atoms with Crippen molar-refractivity contribution in [2.45, 2.75) is 71.4 Å². The number of nitrogens with one attached hydrogen (secondary N) is 2. The molecule has 1 aliphatic heterocycles. The van der Waals surface area contributed by atoms with Crippen LogP contribution in [0.1, 0.15) is 76.1 Å². The summed E-state index contributed by atoms with van der Waals surface area (Å²) in [7, 11) is 0. The van der Waals surface area contributed by atoms with E-state index in [9.17, 15) is 0 Å². The van der Waals surface area contributed by atoms with Gasteiger partial charge < -0.3 is 15.2 Å². The second-order valence-electron chi connectivity index (χ2n) is 8.88. The number of hydrogen-bond donors (Lipinski definition) is 2. The molecule has 5 heterocycles. The molecule has 0 saturated heterocycles. The molecule has 7 heteroatoms. The first-order valence-corrected chi connectivity index (χ1v) is 12.4. The van der Waals surface area contributed by atoms with Crippen molar-refractivity contribution in [3.8, 4) is 0 Å². The van der Waals surface area contributed by atoms with E-state index in [4.69, 9.17) is 9.97 Å². The number of pyridine rings is 2. The van der Waals surface area contributed by atoms with Crippen LogP contribution in [-0.2, 0) is 6.54 Å². The molecule has 0 bridgehead atoms. The van der Waals surface area contributed by atoms with Crippen molar-refractivity contribution in [1.29, 1.82) is 0 Å². The van der Waals surface area contributed by atoms with Gasteiger partial charge in [-0.25, -0.2) is 9.97 Å². The summed E-state index contributed by atoms with van der Waals surface area (Å²) < 4.78 is 2.40. The zero-order valence-electron chi connectivity index (χ0n) is 19.8. The van der Waals surface area contributed by atoms with Crippen molar-refractivity contribution in [3.63, 3.8) is 0 Å². The summed E-state index contributed by atoms with van der Waals surface area (Å²) in [5, 5.41) is 9.06. The van der Waals surface area contributed by atoms with Crippen molar-refractivity contribution in [2.24, 2.45) is 0 Å². The van der Waals surface area contributed by atoms with E-state index in [1.165, 1.54) is 43.1 Å². The SMILES string of the molecule is CC.CC1CNCc2ccc(Nc3ncc4c5ccncc5n(C5CCCCC5)c4n3)nc21. The van der Waals surface area contributed by atoms with Crippen LogP contribution in [0.3, 0.4) is 0 Å². The Bertz CT molecular complexity index is 1260. The van der Waals surface area contributed by atoms with E-state index >= 15 is 0 Å². The number of anilines is 2. The van der Waals surface area contributed by atoms with Crippen molar-refractivity contribution in [1.82, 2.24) is 29.8 Å². The molecule has 1 atom stereocenters. The summed E-state index contributed by atoms with van der Waals surface area (Å²) in [5.74, 6) is 1.79. The highest BCUT2D eigenvalue weighted by Crippen LogP contribution is 2.36. The summed E-state index contributed by atoms with van der Waals surface area (Å²) in [6, 6.07) is 6.72. The molecule has 33 heavy (non-hydrogen) atoms. The summed E-state index contributed by atoms with van der Waals surface area (Å²) >= 11 is 0. The molecular formula is C26H33N7. The van der Waals surface area contributed by atoms with Crippen LogP contribution >= 0.6 is 0 Å². The van der Waals surface area contributed by atoms with Gasteiger partial charge in [-0.05, 0) is 30.5 Å². The maximum atomic E-state index is 4.97. The first-order valence-electron chi connectivity index (χ1n) is 12.4. The lowest BCUT2D eigenvalue weighted by molar-refractivity contribution is 0.366. The maximum Gasteiger partial charge on any atom is 0.230 e. The zero-order chi connectivity index (χ0) is 22.8. The van der Waals surface area contributed by atoms with Gasteiger partial charge in [-0.2, -0.15) is 4.98 Å². The van der Waals surface area contributed by atoms with Crippen LogP contribution in [0.4, 0.5) is 11.8 Å². The molecule has 0 amide bonds. The van der Waals surface area contributed by atoms with Crippen LogP contribution in [-0.4, -0.2) is 31.0 Å². The summed E-state index contributed by atoms with van der Waals surface area (Å²) in [6.45, 7) is 8.05. The van der Waals surface area contributed by atoms with Crippen LogP contribution in [0, 0.1) is 0 Å². The van der Waals surface area contributed by atoms with E-state index in [0.717, 1.165) is 41.2 Å². The fourth-order valence-electron chi connectivity index (χ4n) is 5.22. The monoisotopic (exact) mass is 443 g/mol. The Balaban J connectivity index is 0.00000111. The van der Waals surface area contributed by atoms with Gasteiger partial charge in [-0.3, -0.25) is 4.98 Å². The van der Waals surface area contributed by atoms with Gasteiger partial charge in [0.25, 0.3) is 0 Å². The second kappa shape index (κ2) is 9.43. The topological polar surface area (TPSA) is 80.5 Å². The molecule has 0 spiro atoms. The molecule has 0 radical (unpaired) electrons. The quantitative estimate of drug-likeness (QED) is 0.413. The van der Waals surface area contributed by atoms with Crippen LogP contribution < -0.4 is 10.6 Å². The lowest BCUT2D eigenvalue weighted by atomic mass is 9.95. The fourth-order valence-corrected chi connectivity index (χ4v) is 5.22. The third kappa shape index (κ3) is 4.06. The summed E-state index contributed by atoms with van der Waals surface area (Å²) in [6.07, 6.45) is 12.0. The third-order valence-corrected chi connectivity index (χ3v) is 6.77. The van der Waals surface area contributed by atoms with Crippen LogP contribution in [0.25, 0.3) is 21.9 Å². The Labute approximate surface area is 195 Å². The molecule has 6 rings (SSSR count). The number of rotatable bonds is 3. The molecule has 1 fully saturated rings. The highest BCUT2D eigenvalue weighted by atomic mass is 15.2. The first kappa shape index (κ1) is 21.8. The maximum absolute atomic E-state index is 4.97. The smallest absolute Gasteiger partial charge is 0.230 e. The standard InChI is InChI=1S/C24H27N7.C2H6/c1-15-11-26-12-16-7-8-21(28-22(15)16)29-24-27-13-19-18-9-10-25-14-20(18)31(23(19)30-24)17-5-3-2-4-6-17;1-2/h7-10,13-15,17,26H,2-6,11-12H2,1H3,(H,27,28,29,30);1-2H3. The zero-order valence-corrected chi connectivity index (χ0v) is 19.8. The van der Waals surface area contributed by atoms with Gasteiger partial charge in [0, 0.05) is 48.2 Å². The minimum absolute atomic E-state index is 0.398. The van der Waals surface area contributed by atoms with Crippen LogP contribution in [0.5, 0.6) is 0 Å². The lowest BCUT2D eigenvalue weighted by Gasteiger charge is -2.24. The molecule has 172 valence electrons. The molecule has 7 nitrogen and oxygen atoms in total. The molecule has 2 aliphatic rings. The molecule has 1 saturated carbocycles. The average molecular weight is 444 g/mol. The lowest BCUT2D eigenvalue weighted by Crippen LogP contribution is -2.27. The van der Waals surface area contributed by atoms with E-state index in [-0.39, 0.29) is 0 Å². The molecule has 1 unspecified atom stereocenters. The molecule has 4 aromatic heterocycles. The minimum Gasteiger partial charge on any atom is -0.321 e. The van der Waals surface area contributed by atoms with E-state index in [1.54, 1.807) is 0 Å². The highest BCUT2D eigenvalue weighted by molar-refractivity contribution is 6.06. The number of fused-ring (bicyclic) bond motifs is 4. The van der Waals surface area contributed by atoms with E-state index < -0.39 is 0 Å². The largest absolute Gasteiger partial charge is 0.321 e. The van der Waals surface area contributed by atoms with Gasteiger partial charge in [0.15, 0.2) is 0 Å². The Kier molecular flexibility index (Phi) is 6.22. The van der Waals surface area contributed by atoms with E-state index in [0.29, 0.717) is 17.9 Å². The van der Waals surface area contributed by atoms with Crippen molar-refractivity contribution < 1.29 is 0 Å². The van der Waals surface area contributed by atoms with E-state index in [2.05, 4.69) is 44.2 Å². The Hall–Kier alpha value is -3.06. The van der Waals surface area contributed by atoms with Crippen LogP contribution in [0.15, 0.2) is 36.8 Å². The molecule has 1 aliphatic carbocycles. The summed E-state index contributed by atoms with van der Waals surface area (Å²) in [5.41, 5.74) is 4.57. The molecule has 0 aromatic carbocycles. The predicted molar refractivity (Wildman–Crippen MR) is 134 cm³/mol. The Morgan fingerprint density at radius 3 is 2.70 bits per heavy atom. The van der Waals surface area contributed by atoms with Gasteiger partial charge in [0.2, 0.25) is 5.95 Å². The Morgan fingerprint density at radius 2 is 1.85 bits per heavy atom. The molecular weight excluding hydrogens is 410 g/mol. The third-order valence-electron chi connectivity index (χ3n) is 6.77. The Morgan fingerprint density at radius 1 is 1.00 bits per heavy atom. The van der Waals surface area contributed by atoms with Gasteiger partial charge >= 0.3 is 0 Å². The van der Waals surface area contributed by atoms with Crippen LogP contribution in [0.2, 0.25) is 0 Å². The van der Waals surface area contributed by atoms with Gasteiger partial charge in [-0.15, -0.1) is 0 Å². The van der Waals surface area contributed by atoms with Crippen molar-refractivity contribution in [3.05, 3.63) is 48.0 Å². The van der Waals surface area contributed by atoms with E-state index in [1.807, 2.05) is 38.5 Å². The predicted octanol–water partition coefficient (Wildman–Crippen LogP) is 5.86. The van der Waals surface area contributed by atoms with Gasteiger partial charge in [0.1, 0.15) is 11.5 Å².